The third-order valence-electron chi connectivity index (χ3n) is 5.49. The minimum atomic E-state index is -0.379. The highest BCUT2D eigenvalue weighted by Gasteiger charge is 2.21. The summed E-state index contributed by atoms with van der Waals surface area (Å²) in [5.74, 6) is -0.463. The van der Waals surface area contributed by atoms with Gasteiger partial charge < -0.3 is 16.0 Å². The van der Waals surface area contributed by atoms with E-state index >= 15 is 0 Å². The van der Waals surface area contributed by atoms with Crippen LogP contribution in [0.1, 0.15) is 46.3 Å². The Labute approximate surface area is 191 Å². The van der Waals surface area contributed by atoms with Crippen molar-refractivity contribution >= 4 is 40.7 Å². The van der Waals surface area contributed by atoms with Crippen LogP contribution >= 0.6 is 0 Å². The van der Waals surface area contributed by atoms with Gasteiger partial charge in [-0.3, -0.25) is 19.7 Å². The molecule has 2 amide bonds. The van der Waals surface area contributed by atoms with Gasteiger partial charge in [-0.1, -0.05) is 6.07 Å². The zero-order valence-corrected chi connectivity index (χ0v) is 18.3. The van der Waals surface area contributed by atoms with Crippen molar-refractivity contribution in [1.82, 2.24) is 20.1 Å². The van der Waals surface area contributed by atoms with Gasteiger partial charge in [0.1, 0.15) is 5.69 Å². The average Bonchev–Trinajstić information content (AvgIpc) is 3.49. The van der Waals surface area contributed by atoms with E-state index in [0.717, 1.165) is 42.6 Å². The van der Waals surface area contributed by atoms with Gasteiger partial charge in [0.15, 0.2) is 5.69 Å². The second kappa shape index (κ2) is 9.47. The van der Waals surface area contributed by atoms with E-state index in [1.54, 1.807) is 23.1 Å². The molecule has 0 saturated carbocycles. The van der Waals surface area contributed by atoms with Crippen LogP contribution in [0.25, 0.3) is 16.5 Å². The minimum absolute atomic E-state index is 0.0843. The molecule has 2 aromatic heterocycles. The SMILES string of the molecule is C=N/C=C(N)\C=C(/C)c1ccc2[nH]nc(C(=O)Nc3ccc(C(=O)N4CCCC4)nc3)c2c1. The number of hydrogen-bond acceptors (Lipinski definition) is 6. The number of nitrogens with zero attached hydrogens (tertiary/aromatic N) is 4. The Bertz CT molecular complexity index is 1270. The second-order valence-electron chi connectivity index (χ2n) is 7.86. The molecule has 0 radical (unpaired) electrons. The molecule has 0 bridgehead atoms. The first-order valence-corrected chi connectivity index (χ1v) is 10.6. The standard InChI is InChI=1S/C24H25N7O2/c1-15(11-17(25)13-26-2)16-5-7-20-19(12-16)22(30-29-20)23(32)28-18-6-8-21(27-14-18)24(33)31-9-3-4-10-31/h5-8,11-14H,2-4,9-10,25H2,1H3,(H,28,32)(H,29,30)/b15-11+,17-13+. The normalized spacial score (nSPS) is 14.5. The van der Waals surface area contributed by atoms with Crippen LogP contribution in [0.2, 0.25) is 0 Å². The molecule has 3 aromatic rings. The third kappa shape index (κ3) is 4.82. The van der Waals surface area contributed by atoms with Crippen LogP contribution in [-0.2, 0) is 0 Å². The predicted molar refractivity (Wildman–Crippen MR) is 129 cm³/mol. The number of aromatic nitrogens is 3. The van der Waals surface area contributed by atoms with Crippen molar-refractivity contribution in [3.05, 3.63) is 71.5 Å². The van der Waals surface area contributed by atoms with E-state index in [-0.39, 0.29) is 17.5 Å². The van der Waals surface area contributed by atoms with Crippen LogP contribution in [0.3, 0.4) is 0 Å². The van der Waals surface area contributed by atoms with Crippen LogP contribution in [-0.4, -0.2) is 51.7 Å². The molecule has 1 aromatic carbocycles. The molecular formula is C24H25N7O2. The zero-order valence-electron chi connectivity index (χ0n) is 18.3. The maximum Gasteiger partial charge on any atom is 0.276 e. The quantitative estimate of drug-likeness (QED) is 0.397. The molecule has 168 valence electrons. The molecule has 0 atom stereocenters. The first-order valence-electron chi connectivity index (χ1n) is 10.6. The van der Waals surface area contributed by atoms with Gasteiger partial charge in [-0.2, -0.15) is 5.10 Å². The molecule has 0 spiro atoms. The molecule has 1 aliphatic heterocycles. The molecule has 9 nitrogen and oxygen atoms in total. The molecule has 4 rings (SSSR count). The summed E-state index contributed by atoms with van der Waals surface area (Å²) in [5, 5.41) is 10.5. The van der Waals surface area contributed by atoms with Crippen molar-refractivity contribution in [3.63, 3.8) is 0 Å². The fourth-order valence-corrected chi connectivity index (χ4v) is 3.78. The van der Waals surface area contributed by atoms with Crippen molar-refractivity contribution < 1.29 is 9.59 Å². The Kier molecular flexibility index (Phi) is 6.30. The highest BCUT2D eigenvalue weighted by atomic mass is 16.2. The predicted octanol–water partition coefficient (Wildman–Crippen LogP) is 3.35. The summed E-state index contributed by atoms with van der Waals surface area (Å²) in [6, 6.07) is 8.95. The summed E-state index contributed by atoms with van der Waals surface area (Å²) in [4.78, 5) is 35.0. The van der Waals surface area contributed by atoms with E-state index in [2.05, 4.69) is 32.2 Å². The lowest BCUT2D eigenvalue weighted by atomic mass is 10.0. The molecule has 1 fully saturated rings. The van der Waals surface area contributed by atoms with Gasteiger partial charge in [0.05, 0.1) is 23.1 Å². The lowest BCUT2D eigenvalue weighted by Crippen LogP contribution is -2.28. The fourth-order valence-electron chi connectivity index (χ4n) is 3.78. The fraction of sp³-hybridized carbons (Fsp3) is 0.208. The number of carbonyl (C=O) groups is 2. The maximum atomic E-state index is 12.9. The topological polar surface area (TPSA) is 129 Å². The van der Waals surface area contributed by atoms with Crippen molar-refractivity contribution in [3.8, 4) is 0 Å². The van der Waals surface area contributed by atoms with E-state index in [9.17, 15) is 9.59 Å². The number of aromatic amines is 1. The Morgan fingerprint density at radius 1 is 1.24 bits per heavy atom. The number of H-pyrrole nitrogens is 1. The van der Waals surface area contributed by atoms with Crippen LogP contribution in [0, 0.1) is 0 Å². The number of hydrogen-bond donors (Lipinski definition) is 3. The number of nitrogens with one attached hydrogen (secondary N) is 2. The van der Waals surface area contributed by atoms with E-state index in [1.165, 1.54) is 12.4 Å². The monoisotopic (exact) mass is 443 g/mol. The van der Waals surface area contributed by atoms with Gasteiger partial charge >= 0.3 is 0 Å². The largest absolute Gasteiger partial charge is 0.397 e. The van der Waals surface area contributed by atoms with E-state index < -0.39 is 0 Å². The number of benzene rings is 1. The van der Waals surface area contributed by atoms with E-state index in [1.807, 2.05) is 25.1 Å². The molecule has 4 N–H and O–H groups in total. The van der Waals surface area contributed by atoms with Crippen LogP contribution in [0.5, 0.6) is 0 Å². The van der Waals surface area contributed by atoms with Gasteiger partial charge in [0.25, 0.3) is 11.8 Å². The molecular weight excluding hydrogens is 418 g/mol. The first kappa shape index (κ1) is 21.9. The molecule has 33 heavy (non-hydrogen) atoms. The van der Waals surface area contributed by atoms with Crippen LogP contribution in [0.15, 0.2) is 59.5 Å². The van der Waals surface area contributed by atoms with Crippen molar-refractivity contribution in [1.29, 1.82) is 0 Å². The molecule has 9 heteroatoms. The number of anilines is 1. The van der Waals surface area contributed by atoms with Gasteiger partial charge in [-0.15, -0.1) is 0 Å². The number of likely N-dealkylation sites (tertiary alicyclic amines) is 1. The Balaban J connectivity index is 1.53. The first-order chi connectivity index (χ1) is 16.0. The highest BCUT2D eigenvalue weighted by Crippen LogP contribution is 2.24. The van der Waals surface area contributed by atoms with Gasteiger partial charge in [-0.05, 0) is 68.0 Å². The Hall–Kier alpha value is -4.27. The maximum absolute atomic E-state index is 12.9. The number of allylic oxidation sites excluding steroid dienone is 2. The van der Waals surface area contributed by atoms with Crippen LogP contribution in [0.4, 0.5) is 5.69 Å². The lowest BCUT2D eigenvalue weighted by Gasteiger charge is -2.14. The molecule has 3 heterocycles. The summed E-state index contributed by atoms with van der Waals surface area (Å²) < 4.78 is 0. The number of rotatable bonds is 6. The zero-order chi connectivity index (χ0) is 23.4. The van der Waals surface area contributed by atoms with Gasteiger partial charge in [0, 0.05) is 24.7 Å². The number of pyridine rings is 1. The molecule has 0 unspecified atom stereocenters. The van der Waals surface area contributed by atoms with Crippen LogP contribution < -0.4 is 11.1 Å². The third-order valence-corrected chi connectivity index (χ3v) is 5.49. The number of aliphatic imine (C=N–C) groups is 1. The highest BCUT2D eigenvalue weighted by molar-refractivity contribution is 6.11. The van der Waals surface area contributed by atoms with Gasteiger partial charge in [-0.25, -0.2) is 4.98 Å². The Morgan fingerprint density at radius 2 is 2.03 bits per heavy atom. The minimum Gasteiger partial charge on any atom is -0.397 e. The van der Waals surface area contributed by atoms with E-state index in [0.29, 0.717) is 22.5 Å². The number of carbonyl (C=O) groups excluding carboxylic acids is 2. The van der Waals surface area contributed by atoms with Crippen molar-refractivity contribution in [2.24, 2.45) is 10.7 Å². The number of fused-ring (bicyclic) bond motifs is 1. The summed E-state index contributed by atoms with van der Waals surface area (Å²) >= 11 is 0. The summed E-state index contributed by atoms with van der Waals surface area (Å²) in [5.41, 5.74) is 10.0. The molecule has 0 aliphatic carbocycles. The smallest absolute Gasteiger partial charge is 0.276 e. The molecule has 1 saturated heterocycles. The van der Waals surface area contributed by atoms with Gasteiger partial charge in [0.2, 0.25) is 0 Å². The number of amides is 2. The summed E-state index contributed by atoms with van der Waals surface area (Å²) in [6.07, 6.45) is 6.77. The summed E-state index contributed by atoms with van der Waals surface area (Å²) in [7, 11) is 0. The average molecular weight is 444 g/mol. The second-order valence-corrected chi connectivity index (χ2v) is 7.86. The van der Waals surface area contributed by atoms with Crippen molar-refractivity contribution in [2.75, 3.05) is 18.4 Å². The Morgan fingerprint density at radius 3 is 2.73 bits per heavy atom. The van der Waals surface area contributed by atoms with Crippen molar-refractivity contribution in [2.45, 2.75) is 19.8 Å². The van der Waals surface area contributed by atoms with E-state index in [4.69, 9.17) is 5.73 Å². The lowest BCUT2D eigenvalue weighted by molar-refractivity contribution is 0.0787. The molecule has 1 aliphatic rings. The summed E-state index contributed by atoms with van der Waals surface area (Å²) in [6.45, 7) is 6.83. The number of nitrogens with two attached hydrogens (primary N) is 1.